The predicted molar refractivity (Wildman–Crippen MR) is 119 cm³/mol. The Labute approximate surface area is 168 Å². The number of carbonyl (C=O) groups excluding carboxylic acids is 1. The van der Waals surface area contributed by atoms with E-state index in [1.807, 2.05) is 0 Å². The van der Waals surface area contributed by atoms with Crippen LogP contribution in [0.4, 0.5) is 0 Å². The van der Waals surface area contributed by atoms with Crippen LogP contribution in [0.5, 0.6) is 0 Å². The molecule has 0 bridgehead atoms. The Hall–Kier alpha value is 0.00870. The molecule has 0 radical (unpaired) electrons. The molecule has 0 N–H and O–H groups in total. The van der Waals surface area contributed by atoms with Gasteiger partial charge in [-0.15, -0.1) is 0 Å². The first kappa shape index (κ1) is 26.0. The summed E-state index contributed by atoms with van der Waals surface area (Å²) in [5.74, 6) is -0.00113. The average molecular weight is 473 g/mol. The Balaban J connectivity index is 5.47. The molecular weight excluding hydrogens is 427 g/mol. The molecule has 3 heteroatoms. The van der Waals surface area contributed by atoms with Gasteiger partial charge in [-0.25, -0.2) is 0 Å². The summed E-state index contributed by atoms with van der Waals surface area (Å²) >= 11 is -2.44. The molecule has 0 saturated heterocycles. The van der Waals surface area contributed by atoms with Crippen molar-refractivity contribution in [1.29, 1.82) is 0 Å². The van der Waals surface area contributed by atoms with Crippen LogP contribution < -0.4 is 0 Å². The molecule has 0 aromatic heterocycles. The third kappa shape index (κ3) is 11.0. The maximum atomic E-state index is 12.2. The van der Waals surface area contributed by atoms with Crippen LogP contribution in [0.2, 0.25) is 17.2 Å². The van der Waals surface area contributed by atoms with E-state index in [1.54, 1.807) is 7.11 Å². The summed E-state index contributed by atoms with van der Waals surface area (Å²) < 4.78 is 9.98. The molecule has 26 heavy (non-hydrogen) atoms. The van der Waals surface area contributed by atoms with Crippen LogP contribution in [0.3, 0.4) is 0 Å². The number of ether oxygens (including phenoxy) is 1. The zero-order valence-electron chi connectivity index (χ0n) is 18.4. The summed E-state index contributed by atoms with van der Waals surface area (Å²) in [6, 6.07) is 0. The molecule has 0 saturated carbocycles. The van der Waals surface area contributed by atoms with Crippen LogP contribution in [0, 0.1) is 0 Å². The number of hydrogen-bond acceptors (Lipinski definition) is 2. The molecule has 0 amide bonds. The first-order valence-electron chi connectivity index (χ1n) is 11.3. The molecule has 0 aromatic rings. The zero-order chi connectivity index (χ0) is 19.7. The normalized spacial score (nSPS) is 13.3. The van der Waals surface area contributed by atoms with Gasteiger partial charge in [0, 0.05) is 0 Å². The molecule has 0 fully saturated rings. The zero-order valence-corrected chi connectivity index (χ0v) is 21.3. The molecular formula is C23H46O2Sn. The van der Waals surface area contributed by atoms with E-state index in [4.69, 9.17) is 4.74 Å². The van der Waals surface area contributed by atoms with E-state index in [0.29, 0.717) is 10.4 Å². The van der Waals surface area contributed by atoms with Crippen molar-refractivity contribution in [3.63, 3.8) is 0 Å². The molecule has 154 valence electrons. The molecule has 0 spiro atoms. The molecule has 0 heterocycles. The number of hydrogen-bond donors (Lipinski definition) is 0. The number of allylic oxidation sites excluding steroid dienone is 2. The van der Waals surface area contributed by atoms with Gasteiger partial charge < -0.3 is 0 Å². The summed E-state index contributed by atoms with van der Waals surface area (Å²) in [6.45, 7) is 9.19. The number of unbranched alkanes of at least 4 members (excludes halogenated alkanes) is 6. The Kier molecular flexibility index (Phi) is 17.1. The topological polar surface area (TPSA) is 26.3 Å². The second-order valence-corrected chi connectivity index (χ2v) is 22.2. The summed E-state index contributed by atoms with van der Waals surface area (Å²) in [6.07, 6.45) is 18.4. The molecule has 1 atom stereocenters. The van der Waals surface area contributed by atoms with Crippen molar-refractivity contribution in [3.8, 4) is 0 Å². The first-order valence-corrected chi connectivity index (χ1v) is 19.0. The standard InChI is InChI=1S/C11H19O2.3C4H9.Sn/c1-3-4-5-6-7-8-9-10-11(12)13-2;3*1-3-4-2;/h7-9H,3-6,10H2,1-2H3;3*1,3-4H2,2H3;/b8-7+;;;;. The Morgan fingerprint density at radius 2 is 1.35 bits per heavy atom. The van der Waals surface area contributed by atoms with E-state index in [1.165, 1.54) is 77.5 Å². The SMILES string of the molecule is CCCCC/C=C/[C@@H](CC(=O)OC)[Sn]([CH2]CCC)([CH2]CCC)[CH2]CCC. The molecule has 0 aliphatic heterocycles. The van der Waals surface area contributed by atoms with Crippen molar-refractivity contribution in [2.24, 2.45) is 0 Å². The van der Waals surface area contributed by atoms with Crippen molar-refractivity contribution in [2.45, 2.75) is 116 Å². The number of methoxy groups -OCH3 is 1. The van der Waals surface area contributed by atoms with Gasteiger partial charge in [0.15, 0.2) is 0 Å². The molecule has 0 rings (SSSR count). The van der Waals surface area contributed by atoms with Gasteiger partial charge in [-0.05, 0) is 0 Å². The average Bonchev–Trinajstić information content (AvgIpc) is 2.66. The van der Waals surface area contributed by atoms with Crippen LogP contribution in [-0.2, 0) is 9.53 Å². The fourth-order valence-corrected chi connectivity index (χ4v) is 21.7. The first-order chi connectivity index (χ1) is 12.6. The summed E-state index contributed by atoms with van der Waals surface area (Å²) in [5, 5.41) is 0. The van der Waals surface area contributed by atoms with Crippen molar-refractivity contribution >= 4 is 24.3 Å². The monoisotopic (exact) mass is 474 g/mol. The second kappa shape index (κ2) is 17.1. The van der Waals surface area contributed by atoms with Gasteiger partial charge in [0.2, 0.25) is 0 Å². The Bertz CT molecular complexity index is 343. The van der Waals surface area contributed by atoms with Gasteiger partial charge in [0.1, 0.15) is 0 Å². The third-order valence-electron chi connectivity index (χ3n) is 5.83. The van der Waals surface area contributed by atoms with Crippen LogP contribution in [-0.4, -0.2) is 31.5 Å². The summed E-state index contributed by atoms with van der Waals surface area (Å²) in [5.41, 5.74) is 0. The van der Waals surface area contributed by atoms with E-state index < -0.39 is 18.4 Å². The Morgan fingerprint density at radius 3 is 1.77 bits per heavy atom. The van der Waals surface area contributed by atoms with Crippen molar-refractivity contribution < 1.29 is 9.53 Å². The van der Waals surface area contributed by atoms with Crippen LogP contribution in [0.15, 0.2) is 12.2 Å². The number of esters is 1. The summed E-state index contributed by atoms with van der Waals surface area (Å²) in [4.78, 5) is 12.2. The van der Waals surface area contributed by atoms with Gasteiger partial charge in [0.05, 0.1) is 0 Å². The fourth-order valence-electron chi connectivity index (χ4n) is 4.04. The van der Waals surface area contributed by atoms with Crippen LogP contribution in [0.1, 0.15) is 98.3 Å². The quantitative estimate of drug-likeness (QED) is 0.0929. The molecule has 0 aliphatic rings. The van der Waals surface area contributed by atoms with E-state index >= 15 is 0 Å². The number of carbonyl (C=O) groups is 1. The minimum absolute atomic E-state index is 0.00113. The van der Waals surface area contributed by atoms with E-state index in [-0.39, 0.29) is 5.97 Å². The van der Waals surface area contributed by atoms with Crippen LogP contribution in [0.25, 0.3) is 0 Å². The molecule has 0 aliphatic carbocycles. The van der Waals surface area contributed by atoms with Crippen molar-refractivity contribution in [2.75, 3.05) is 7.11 Å². The minimum atomic E-state index is -2.44. The van der Waals surface area contributed by atoms with Gasteiger partial charge >= 0.3 is 169 Å². The van der Waals surface area contributed by atoms with Crippen molar-refractivity contribution in [1.82, 2.24) is 0 Å². The maximum absolute atomic E-state index is 12.2. The second-order valence-electron chi connectivity index (χ2n) is 7.98. The molecule has 2 nitrogen and oxygen atoms in total. The third-order valence-corrected chi connectivity index (χ3v) is 23.0. The summed E-state index contributed by atoms with van der Waals surface area (Å²) in [7, 11) is 1.55. The molecule has 0 aromatic carbocycles. The van der Waals surface area contributed by atoms with Gasteiger partial charge in [-0.2, -0.15) is 0 Å². The van der Waals surface area contributed by atoms with E-state index in [9.17, 15) is 4.79 Å². The van der Waals surface area contributed by atoms with Gasteiger partial charge in [0.25, 0.3) is 0 Å². The Morgan fingerprint density at radius 1 is 0.846 bits per heavy atom. The fraction of sp³-hybridized carbons (Fsp3) is 0.870. The molecule has 0 unspecified atom stereocenters. The van der Waals surface area contributed by atoms with Crippen molar-refractivity contribution in [3.05, 3.63) is 12.2 Å². The van der Waals surface area contributed by atoms with Crippen LogP contribution >= 0.6 is 0 Å². The predicted octanol–water partition coefficient (Wildman–Crippen LogP) is 7.91. The van der Waals surface area contributed by atoms with E-state index in [0.717, 1.165) is 0 Å². The van der Waals surface area contributed by atoms with E-state index in [2.05, 4.69) is 39.8 Å². The van der Waals surface area contributed by atoms with Gasteiger partial charge in [-0.3, -0.25) is 0 Å². The van der Waals surface area contributed by atoms with Gasteiger partial charge in [-0.1, -0.05) is 0 Å². The number of rotatable bonds is 17.